The summed E-state index contributed by atoms with van der Waals surface area (Å²) in [5.74, 6) is -1.17. The molecule has 0 aromatic carbocycles. The first-order chi connectivity index (χ1) is 9.74. The Morgan fingerprint density at radius 2 is 2.14 bits per heavy atom. The zero-order valence-electron chi connectivity index (χ0n) is 11.0. The minimum atomic E-state index is -3.87. The summed E-state index contributed by atoms with van der Waals surface area (Å²) < 4.78 is 27.2. The van der Waals surface area contributed by atoms with Crippen molar-refractivity contribution in [2.75, 3.05) is 4.72 Å². The number of halogens is 1. The molecule has 21 heavy (non-hydrogen) atoms. The third-order valence-corrected chi connectivity index (χ3v) is 7.24. The van der Waals surface area contributed by atoms with Crippen molar-refractivity contribution < 1.29 is 18.3 Å². The Kier molecular flexibility index (Phi) is 4.71. The van der Waals surface area contributed by atoms with Gasteiger partial charge in [0.25, 0.3) is 10.0 Å². The summed E-state index contributed by atoms with van der Waals surface area (Å²) in [6.45, 7) is 3.81. The monoisotopic (exact) mass is 410 g/mol. The van der Waals surface area contributed by atoms with E-state index in [2.05, 4.69) is 25.6 Å². The fourth-order valence-electron chi connectivity index (χ4n) is 1.61. The van der Waals surface area contributed by atoms with Crippen molar-refractivity contribution in [1.29, 1.82) is 0 Å². The third kappa shape index (κ3) is 3.44. The zero-order valence-corrected chi connectivity index (χ0v) is 15.0. The summed E-state index contributed by atoms with van der Waals surface area (Å²) in [4.78, 5) is 15.9. The highest BCUT2D eigenvalue weighted by atomic mass is 79.9. The van der Waals surface area contributed by atoms with Gasteiger partial charge in [-0.05, 0) is 35.3 Å². The summed E-state index contributed by atoms with van der Waals surface area (Å²) >= 11 is 5.19. The molecular formula is C11H11BrN2O4S3. The van der Waals surface area contributed by atoms with Gasteiger partial charge < -0.3 is 5.11 Å². The molecule has 0 saturated heterocycles. The molecule has 114 valence electrons. The van der Waals surface area contributed by atoms with Gasteiger partial charge in [0.15, 0.2) is 5.13 Å². The van der Waals surface area contributed by atoms with E-state index in [4.69, 9.17) is 5.11 Å². The molecule has 0 unspecified atom stereocenters. The summed E-state index contributed by atoms with van der Waals surface area (Å²) in [6.07, 6.45) is 0.718. The highest BCUT2D eigenvalue weighted by Gasteiger charge is 2.24. The van der Waals surface area contributed by atoms with Crippen molar-refractivity contribution in [3.8, 4) is 0 Å². The average Bonchev–Trinajstić information content (AvgIpc) is 2.92. The van der Waals surface area contributed by atoms with Crippen LogP contribution in [0.1, 0.15) is 27.2 Å². The van der Waals surface area contributed by atoms with Crippen molar-refractivity contribution in [2.24, 2.45) is 0 Å². The van der Waals surface area contributed by atoms with Crippen molar-refractivity contribution >= 4 is 59.7 Å². The lowest BCUT2D eigenvalue weighted by Crippen LogP contribution is -2.12. The molecule has 6 nitrogen and oxygen atoms in total. The van der Waals surface area contributed by atoms with Gasteiger partial charge in [0, 0.05) is 4.88 Å². The normalized spacial score (nSPS) is 11.6. The number of hydrogen-bond donors (Lipinski definition) is 2. The van der Waals surface area contributed by atoms with Gasteiger partial charge in [-0.25, -0.2) is 18.2 Å². The molecule has 0 amide bonds. The Bertz CT molecular complexity index is 794. The van der Waals surface area contributed by atoms with Crippen LogP contribution in [0.2, 0.25) is 0 Å². The van der Waals surface area contributed by atoms with Gasteiger partial charge in [-0.2, -0.15) is 0 Å². The molecule has 2 N–H and O–H groups in total. The van der Waals surface area contributed by atoms with E-state index in [0.29, 0.717) is 0 Å². The van der Waals surface area contributed by atoms with Crippen LogP contribution in [0.3, 0.4) is 0 Å². The van der Waals surface area contributed by atoms with Crippen molar-refractivity contribution in [1.82, 2.24) is 4.98 Å². The Morgan fingerprint density at radius 1 is 1.48 bits per heavy atom. The maximum absolute atomic E-state index is 12.3. The number of thiophene rings is 1. The van der Waals surface area contributed by atoms with Gasteiger partial charge in [-0.3, -0.25) is 4.72 Å². The first kappa shape index (κ1) is 16.4. The number of rotatable bonds is 5. The molecule has 0 aliphatic carbocycles. The van der Waals surface area contributed by atoms with Crippen LogP contribution < -0.4 is 4.72 Å². The second-order valence-electron chi connectivity index (χ2n) is 4.03. The number of sulfonamides is 1. The molecule has 0 atom stereocenters. The number of thiazole rings is 1. The first-order valence-corrected chi connectivity index (χ1v) is 9.67. The second kappa shape index (κ2) is 6.03. The quantitative estimate of drug-likeness (QED) is 0.787. The van der Waals surface area contributed by atoms with Crippen molar-refractivity contribution in [3.05, 3.63) is 25.3 Å². The van der Waals surface area contributed by atoms with Crippen LogP contribution in [0.15, 0.2) is 14.7 Å². The summed E-state index contributed by atoms with van der Waals surface area (Å²) in [6, 6.07) is 1.13. The largest absolute Gasteiger partial charge is 0.477 e. The number of aromatic nitrogens is 1. The fourth-order valence-corrected chi connectivity index (χ4v) is 6.15. The van der Waals surface area contributed by atoms with E-state index in [0.717, 1.165) is 34.4 Å². The topological polar surface area (TPSA) is 96.4 Å². The fraction of sp³-hybridized carbons (Fsp3) is 0.273. The molecule has 0 spiro atoms. The van der Waals surface area contributed by atoms with Crippen LogP contribution >= 0.6 is 38.6 Å². The van der Waals surface area contributed by atoms with Gasteiger partial charge in [0.05, 0.1) is 9.48 Å². The van der Waals surface area contributed by atoms with Gasteiger partial charge in [0.2, 0.25) is 0 Å². The van der Waals surface area contributed by atoms with E-state index >= 15 is 0 Å². The molecular weight excluding hydrogens is 400 g/mol. The average molecular weight is 411 g/mol. The molecule has 0 bridgehead atoms. The predicted molar refractivity (Wildman–Crippen MR) is 86.0 cm³/mol. The predicted octanol–water partition coefficient (Wildman–Crippen LogP) is 3.34. The maximum atomic E-state index is 12.3. The Labute approximate surface area is 138 Å². The number of nitrogens with zero attached hydrogens (tertiary/aromatic N) is 1. The van der Waals surface area contributed by atoms with E-state index in [1.807, 2.05) is 13.8 Å². The van der Waals surface area contributed by atoms with Gasteiger partial charge in [-0.15, -0.1) is 22.7 Å². The minimum Gasteiger partial charge on any atom is -0.477 e. The lowest BCUT2D eigenvalue weighted by atomic mass is 10.3. The number of aromatic carboxylic acids is 1. The highest BCUT2D eigenvalue weighted by molar-refractivity contribution is 9.11. The van der Waals surface area contributed by atoms with Gasteiger partial charge in [-0.1, -0.05) is 6.92 Å². The molecule has 2 aromatic heterocycles. The van der Waals surface area contributed by atoms with E-state index in [9.17, 15) is 13.2 Å². The summed E-state index contributed by atoms with van der Waals surface area (Å²) in [5, 5.41) is 9.19. The van der Waals surface area contributed by atoms with E-state index in [-0.39, 0.29) is 18.7 Å². The van der Waals surface area contributed by atoms with Crippen LogP contribution in [-0.4, -0.2) is 24.5 Å². The van der Waals surface area contributed by atoms with E-state index in [1.165, 1.54) is 11.3 Å². The van der Waals surface area contributed by atoms with Crippen LogP contribution in [0.4, 0.5) is 5.13 Å². The first-order valence-electron chi connectivity index (χ1n) is 5.76. The second-order valence-corrected chi connectivity index (χ2v) is 9.26. The maximum Gasteiger partial charge on any atom is 0.345 e. The number of hydrogen-bond acceptors (Lipinski definition) is 6. The van der Waals surface area contributed by atoms with Gasteiger partial charge in [0.1, 0.15) is 9.77 Å². The Balaban J connectivity index is 2.35. The van der Waals surface area contributed by atoms with E-state index < -0.39 is 16.0 Å². The van der Waals surface area contributed by atoms with Crippen LogP contribution in [0, 0.1) is 6.92 Å². The molecule has 0 fully saturated rings. The molecule has 0 aliphatic rings. The molecule has 10 heteroatoms. The van der Waals surface area contributed by atoms with E-state index in [1.54, 1.807) is 0 Å². The number of anilines is 1. The summed E-state index contributed by atoms with van der Waals surface area (Å²) in [7, 11) is -3.87. The number of carbonyl (C=O) groups is 1. The minimum absolute atomic E-state index is 0.0492. The number of nitrogens with one attached hydrogen (secondary N) is 1. The Morgan fingerprint density at radius 3 is 2.62 bits per heavy atom. The lowest BCUT2D eigenvalue weighted by molar-refractivity contribution is 0.0702. The molecule has 0 saturated carbocycles. The van der Waals surface area contributed by atoms with Crippen LogP contribution in [0.5, 0.6) is 0 Å². The number of carboxylic acids is 1. The molecule has 0 radical (unpaired) electrons. The summed E-state index contributed by atoms with van der Waals surface area (Å²) in [5.41, 5.74) is 0.841. The SMILES string of the molecule is CCc1nc(NS(=O)(=O)c2cc(C(=O)O)sc2Br)sc1C. The highest BCUT2D eigenvalue weighted by Crippen LogP contribution is 2.33. The molecule has 2 aromatic rings. The van der Waals surface area contributed by atoms with Crippen molar-refractivity contribution in [3.63, 3.8) is 0 Å². The van der Waals surface area contributed by atoms with Crippen molar-refractivity contribution in [2.45, 2.75) is 25.2 Å². The van der Waals surface area contributed by atoms with Crippen LogP contribution in [-0.2, 0) is 16.4 Å². The third-order valence-electron chi connectivity index (χ3n) is 2.61. The lowest BCUT2D eigenvalue weighted by Gasteiger charge is -2.03. The van der Waals surface area contributed by atoms with Gasteiger partial charge >= 0.3 is 5.97 Å². The standard InChI is InChI=1S/C11H11BrN2O4S3/c1-3-6-5(2)19-11(13-6)14-21(17,18)8-4-7(10(15)16)20-9(8)12/h4H,3H2,1-2H3,(H,13,14)(H,15,16). The van der Waals surface area contributed by atoms with Crippen LogP contribution in [0.25, 0.3) is 0 Å². The molecule has 2 heterocycles. The Hall–Kier alpha value is -0.970. The molecule has 2 rings (SSSR count). The number of carboxylic acid groups (broad SMARTS) is 1. The smallest absolute Gasteiger partial charge is 0.345 e. The molecule has 0 aliphatic heterocycles. The number of aryl methyl sites for hydroxylation is 2. The zero-order chi connectivity index (χ0) is 15.8.